The zero-order chi connectivity index (χ0) is 11.3. The van der Waals surface area contributed by atoms with E-state index in [2.05, 4.69) is 15.9 Å². The summed E-state index contributed by atoms with van der Waals surface area (Å²) in [4.78, 5) is 21.6. The Hall–Kier alpha value is -1.10. The number of halogens is 1. The topological polar surface area (TPSA) is 59.3 Å². The molecule has 0 bridgehead atoms. The highest BCUT2D eigenvalue weighted by atomic mass is 79.9. The van der Waals surface area contributed by atoms with Gasteiger partial charge in [-0.2, -0.15) is 0 Å². The van der Waals surface area contributed by atoms with Crippen molar-refractivity contribution in [1.29, 1.82) is 0 Å². The van der Waals surface area contributed by atoms with Crippen LogP contribution in [-0.4, -0.2) is 15.6 Å². The number of nitrogens with zero attached hydrogens (tertiary/aromatic N) is 1. The Bertz CT molecular complexity index is 400. The lowest BCUT2D eigenvalue weighted by atomic mass is 10.2. The van der Waals surface area contributed by atoms with Crippen LogP contribution in [0.3, 0.4) is 0 Å². The van der Waals surface area contributed by atoms with Crippen LogP contribution in [0.2, 0.25) is 0 Å². The van der Waals surface area contributed by atoms with E-state index >= 15 is 0 Å². The van der Waals surface area contributed by atoms with Crippen LogP contribution in [0.15, 0.2) is 27.6 Å². The van der Waals surface area contributed by atoms with E-state index in [-0.39, 0.29) is 12.0 Å². The summed E-state index contributed by atoms with van der Waals surface area (Å²) >= 11 is 3.27. The van der Waals surface area contributed by atoms with Crippen molar-refractivity contribution in [3.05, 3.63) is 33.2 Å². The van der Waals surface area contributed by atoms with Gasteiger partial charge in [-0.25, -0.2) is 0 Å². The van der Waals surface area contributed by atoms with E-state index in [1.807, 2.05) is 0 Å². The molecule has 1 aromatic heterocycles. The first-order chi connectivity index (χ1) is 7.09. The molecule has 0 radical (unpaired) electrons. The Morgan fingerprint density at radius 3 is 2.80 bits per heavy atom. The molecular formula is C10H12BrNO3. The number of hydrogen-bond donors (Lipinski definition) is 1. The summed E-state index contributed by atoms with van der Waals surface area (Å²) in [6.07, 6.45) is 3.16. The lowest BCUT2D eigenvalue weighted by Gasteiger charge is -2.04. The Kier molecular flexibility index (Phi) is 4.55. The first-order valence-corrected chi connectivity index (χ1v) is 5.46. The van der Waals surface area contributed by atoms with Gasteiger partial charge in [-0.05, 0) is 34.8 Å². The Balaban J connectivity index is 2.47. The first kappa shape index (κ1) is 12.0. The first-order valence-electron chi connectivity index (χ1n) is 4.67. The van der Waals surface area contributed by atoms with Crippen molar-refractivity contribution in [1.82, 2.24) is 4.57 Å². The minimum Gasteiger partial charge on any atom is -0.481 e. The average molecular weight is 274 g/mol. The number of carbonyl (C=O) groups is 1. The van der Waals surface area contributed by atoms with Gasteiger partial charge in [-0.15, -0.1) is 0 Å². The molecule has 1 N–H and O–H groups in total. The van der Waals surface area contributed by atoms with Crippen LogP contribution in [0, 0.1) is 0 Å². The normalized spacial score (nSPS) is 10.2. The van der Waals surface area contributed by atoms with Crippen molar-refractivity contribution < 1.29 is 9.90 Å². The van der Waals surface area contributed by atoms with Crippen LogP contribution in [0.4, 0.5) is 0 Å². The molecule has 0 spiro atoms. The predicted octanol–water partition coefficient (Wildman–Crippen LogP) is 1.87. The second-order valence-corrected chi connectivity index (χ2v) is 4.15. The van der Waals surface area contributed by atoms with Crippen molar-refractivity contribution >= 4 is 21.9 Å². The maximum atomic E-state index is 11.3. The van der Waals surface area contributed by atoms with E-state index in [4.69, 9.17) is 5.11 Å². The van der Waals surface area contributed by atoms with Crippen LogP contribution in [0.25, 0.3) is 0 Å². The highest BCUT2D eigenvalue weighted by Gasteiger charge is 1.99. The molecule has 0 aromatic carbocycles. The van der Waals surface area contributed by atoms with Crippen LogP contribution in [0.1, 0.15) is 19.3 Å². The molecule has 5 heteroatoms. The fourth-order valence-electron chi connectivity index (χ4n) is 1.24. The number of aryl methyl sites for hydroxylation is 1. The fraction of sp³-hybridized carbons (Fsp3) is 0.400. The molecule has 0 unspecified atom stereocenters. The summed E-state index contributed by atoms with van der Waals surface area (Å²) in [5, 5.41) is 8.43. The number of hydrogen-bond acceptors (Lipinski definition) is 2. The number of pyridine rings is 1. The Morgan fingerprint density at radius 1 is 1.40 bits per heavy atom. The van der Waals surface area contributed by atoms with Crippen LogP contribution < -0.4 is 5.56 Å². The van der Waals surface area contributed by atoms with Gasteiger partial charge < -0.3 is 9.67 Å². The second kappa shape index (κ2) is 5.70. The molecule has 0 aliphatic rings. The van der Waals surface area contributed by atoms with E-state index in [1.54, 1.807) is 16.8 Å². The molecule has 1 rings (SSSR count). The number of aliphatic carboxylic acids is 1. The highest BCUT2D eigenvalue weighted by Crippen LogP contribution is 2.06. The molecule has 0 aliphatic carbocycles. The molecule has 0 saturated heterocycles. The predicted molar refractivity (Wildman–Crippen MR) is 59.9 cm³/mol. The van der Waals surface area contributed by atoms with Gasteiger partial charge in [0.1, 0.15) is 0 Å². The SMILES string of the molecule is O=C(O)CCCCn1cc(Br)ccc1=O. The second-order valence-electron chi connectivity index (χ2n) is 3.23. The fourth-order valence-corrected chi connectivity index (χ4v) is 1.61. The van der Waals surface area contributed by atoms with Gasteiger partial charge >= 0.3 is 5.97 Å². The van der Waals surface area contributed by atoms with Gasteiger partial charge in [-0.3, -0.25) is 9.59 Å². The van der Waals surface area contributed by atoms with Crippen molar-refractivity contribution in [3.63, 3.8) is 0 Å². The number of carboxylic acids is 1. The minimum atomic E-state index is -0.795. The van der Waals surface area contributed by atoms with Gasteiger partial charge in [0.25, 0.3) is 5.56 Å². The van der Waals surface area contributed by atoms with Gasteiger partial charge in [-0.1, -0.05) is 0 Å². The maximum Gasteiger partial charge on any atom is 0.303 e. The molecule has 0 fully saturated rings. The number of aromatic nitrogens is 1. The molecule has 82 valence electrons. The summed E-state index contributed by atoms with van der Waals surface area (Å²) in [6, 6.07) is 3.18. The third-order valence-electron chi connectivity index (χ3n) is 1.99. The summed E-state index contributed by atoms with van der Waals surface area (Å²) in [5.74, 6) is -0.795. The van der Waals surface area contributed by atoms with Crippen molar-refractivity contribution in [2.75, 3.05) is 0 Å². The van der Waals surface area contributed by atoms with E-state index in [9.17, 15) is 9.59 Å². The number of unbranched alkanes of at least 4 members (excludes halogenated alkanes) is 1. The van der Waals surface area contributed by atoms with E-state index in [0.29, 0.717) is 19.4 Å². The van der Waals surface area contributed by atoms with Crippen LogP contribution in [-0.2, 0) is 11.3 Å². The molecule has 1 aromatic rings. The third-order valence-corrected chi connectivity index (χ3v) is 2.46. The van der Waals surface area contributed by atoms with Gasteiger partial charge in [0, 0.05) is 29.7 Å². The Labute approximate surface area is 95.7 Å². The summed E-state index contributed by atoms with van der Waals surface area (Å²) in [6.45, 7) is 0.561. The molecule has 15 heavy (non-hydrogen) atoms. The van der Waals surface area contributed by atoms with Gasteiger partial charge in [0.2, 0.25) is 0 Å². The molecule has 0 atom stereocenters. The van der Waals surface area contributed by atoms with E-state index in [0.717, 1.165) is 4.47 Å². The lowest BCUT2D eigenvalue weighted by molar-refractivity contribution is -0.137. The third kappa shape index (κ3) is 4.29. The van der Waals surface area contributed by atoms with E-state index in [1.165, 1.54) is 6.07 Å². The lowest BCUT2D eigenvalue weighted by Crippen LogP contribution is -2.18. The smallest absolute Gasteiger partial charge is 0.303 e. The number of rotatable bonds is 5. The van der Waals surface area contributed by atoms with E-state index < -0.39 is 5.97 Å². The largest absolute Gasteiger partial charge is 0.481 e. The minimum absolute atomic E-state index is 0.0616. The highest BCUT2D eigenvalue weighted by molar-refractivity contribution is 9.10. The molecule has 0 amide bonds. The van der Waals surface area contributed by atoms with Crippen molar-refractivity contribution in [2.24, 2.45) is 0 Å². The summed E-state index contributed by atoms with van der Waals surface area (Å²) in [5.41, 5.74) is -0.0616. The van der Waals surface area contributed by atoms with Crippen molar-refractivity contribution in [2.45, 2.75) is 25.8 Å². The average Bonchev–Trinajstić information content (AvgIpc) is 2.17. The molecule has 0 aliphatic heterocycles. The summed E-state index contributed by atoms with van der Waals surface area (Å²) in [7, 11) is 0. The standard InChI is InChI=1S/C10H12BrNO3/c11-8-4-5-9(13)12(7-8)6-2-1-3-10(14)15/h4-5,7H,1-3,6H2,(H,14,15). The summed E-state index contributed by atoms with van der Waals surface area (Å²) < 4.78 is 2.42. The van der Waals surface area contributed by atoms with Gasteiger partial charge in [0.05, 0.1) is 0 Å². The molecule has 0 saturated carbocycles. The monoisotopic (exact) mass is 273 g/mol. The Morgan fingerprint density at radius 2 is 2.13 bits per heavy atom. The van der Waals surface area contributed by atoms with Crippen LogP contribution in [0.5, 0.6) is 0 Å². The van der Waals surface area contributed by atoms with Crippen LogP contribution >= 0.6 is 15.9 Å². The number of carboxylic acid groups (broad SMARTS) is 1. The van der Waals surface area contributed by atoms with Gasteiger partial charge in [0.15, 0.2) is 0 Å². The molecule has 4 nitrogen and oxygen atoms in total. The zero-order valence-electron chi connectivity index (χ0n) is 8.15. The molecule has 1 heterocycles. The maximum absolute atomic E-state index is 11.3. The van der Waals surface area contributed by atoms with Crippen molar-refractivity contribution in [3.8, 4) is 0 Å². The zero-order valence-corrected chi connectivity index (χ0v) is 9.74. The quantitative estimate of drug-likeness (QED) is 0.834. The molecular weight excluding hydrogens is 262 g/mol.